The molecule has 1 aliphatic heterocycles. The van der Waals surface area contributed by atoms with Gasteiger partial charge in [0.05, 0.1) is 15.7 Å². The summed E-state index contributed by atoms with van der Waals surface area (Å²) in [5, 5.41) is 3.99. The van der Waals surface area contributed by atoms with Gasteiger partial charge >= 0.3 is 0 Å². The number of piperidine rings is 1. The monoisotopic (exact) mass is 414 g/mol. The second-order valence-corrected chi connectivity index (χ2v) is 7.60. The molecule has 3 nitrogen and oxygen atoms in total. The fourth-order valence-electron chi connectivity index (χ4n) is 3.08. The number of amides is 1. The Morgan fingerprint density at radius 3 is 2.58 bits per heavy atom. The number of hydrogen-bond donors (Lipinski definition) is 1. The predicted molar refractivity (Wildman–Crippen MR) is 105 cm³/mol. The van der Waals surface area contributed by atoms with E-state index >= 15 is 0 Å². The Morgan fingerprint density at radius 1 is 1.15 bits per heavy atom. The highest BCUT2D eigenvalue weighted by atomic mass is 35.5. The Labute approximate surface area is 167 Å². The van der Waals surface area contributed by atoms with Crippen molar-refractivity contribution in [3.05, 3.63) is 62.8 Å². The van der Waals surface area contributed by atoms with Crippen molar-refractivity contribution in [1.82, 2.24) is 4.90 Å². The number of anilines is 1. The van der Waals surface area contributed by atoms with E-state index in [-0.39, 0.29) is 17.6 Å². The maximum absolute atomic E-state index is 13.9. The first-order valence-electron chi connectivity index (χ1n) is 8.35. The first-order valence-corrected chi connectivity index (χ1v) is 9.48. The van der Waals surface area contributed by atoms with Gasteiger partial charge in [-0.15, -0.1) is 0 Å². The molecular formula is C19H18Cl3FN2O. The minimum atomic E-state index is -0.298. The number of nitrogens with zero attached hydrogens (tertiary/aromatic N) is 1. The standard InChI is InChI=1S/C19H18Cl3FN2O/c20-14-5-4-13(16(23)10-14)11-25-8-6-12(7-9-25)19(26)24-17-3-1-2-15(21)18(17)22/h1-5,10,12H,6-9,11H2,(H,24,26). The van der Waals surface area contributed by atoms with Gasteiger partial charge < -0.3 is 5.32 Å². The van der Waals surface area contributed by atoms with Crippen LogP contribution in [0.25, 0.3) is 0 Å². The van der Waals surface area contributed by atoms with Crippen LogP contribution in [0.3, 0.4) is 0 Å². The number of hydrogen-bond acceptors (Lipinski definition) is 2. The molecule has 1 aliphatic rings. The van der Waals surface area contributed by atoms with E-state index in [0.717, 1.165) is 13.1 Å². The fraction of sp³-hybridized carbons (Fsp3) is 0.316. The molecule has 138 valence electrons. The molecule has 0 spiro atoms. The number of rotatable bonds is 4. The van der Waals surface area contributed by atoms with Gasteiger partial charge in [0, 0.05) is 23.0 Å². The largest absolute Gasteiger partial charge is 0.324 e. The lowest BCUT2D eigenvalue weighted by molar-refractivity contribution is -0.121. The smallest absolute Gasteiger partial charge is 0.227 e. The summed E-state index contributed by atoms with van der Waals surface area (Å²) in [7, 11) is 0. The maximum atomic E-state index is 13.9. The van der Waals surface area contributed by atoms with Crippen molar-refractivity contribution < 1.29 is 9.18 Å². The fourth-order valence-corrected chi connectivity index (χ4v) is 3.59. The summed E-state index contributed by atoms with van der Waals surface area (Å²) in [4.78, 5) is 14.6. The number of carbonyl (C=O) groups is 1. The SMILES string of the molecule is O=C(Nc1cccc(Cl)c1Cl)C1CCN(Cc2ccc(Cl)cc2F)CC1. The van der Waals surface area contributed by atoms with Gasteiger partial charge in [-0.25, -0.2) is 4.39 Å². The summed E-state index contributed by atoms with van der Waals surface area (Å²) >= 11 is 17.9. The van der Waals surface area contributed by atoms with Gasteiger partial charge in [-0.1, -0.05) is 46.9 Å². The summed E-state index contributed by atoms with van der Waals surface area (Å²) in [6.45, 7) is 1.96. The molecule has 0 atom stereocenters. The van der Waals surface area contributed by atoms with Crippen molar-refractivity contribution in [3.63, 3.8) is 0 Å². The second kappa shape index (κ2) is 8.57. The van der Waals surface area contributed by atoms with Gasteiger partial charge in [0.15, 0.2) is 0 Å². The average molecular weight is 416 g/mol. The third-order valence-electron chi connectivity index (χ3n) is 4.58. The van der Waals surface area contributed by atoms with E-state index in [1.165, 1.54) is 6.07 Å². The predicted octanol–water partition coefficient (Wildman–Crippen LogP) is 5.64. The van der Waals surface area contributed by atoms with E-state index in [4.69, 9.17) is 34.8 Å². The van der Waals surface area contributed by atoms with E-state index in [1.807, 2.05) is 0 Å². The Kier molecular flexibility index (Phi) is 6.41. The quantitative estimate of drug-likeness (QED) is 0.701. The van der Waals surface area contributed by atoms with Crippen molar-refractivity contribution in [2.75, 3.05) is 18.4 Å². The lowest BCUT2D eigenvalue weighted by atomic mass is 9.95. The zero-order valence-corrected chi connectivity index (χ0v) is 16.2. The van der Waals surface area contributed by atoms with Crippen LogP contribution in [-0.4, -0.2) is 23.9 Å². The molecule has 0 saturated carbocycles. The molecule has 0 bridgehead atoms. The van der Waals surface area contributed by atoms with Crippen molar-refractivity contribution in [2.45, 2.75) is 19.4 Å². The molecule has 2 aromatic carbocycles. The van der Waals surface area contributed by atoms with Gasteiger partial charge in [0.25, 0.3) is 0 Å². The van der Waals surface area contributed by atoms with E-state index < -0.39 is 0 Å². The number of halogens is 4. The van der Waals surface area contributed by atoms with Gasteiger partial charge in [-0.3, -0.25) is 9.69 Å². The molecule has 1 saturated heterocycles. The molecular weight excluding hydrogens is 398 g/mol. The molecule has 2 aromatic rings. The summed E-state index contributed by atoms with van der Waals surface area (Å²) in [6, 6.07) is 9.86. The topological polar surface area (TPSA) is 32.3 Å². The zero-order chi connectivity index (χ0) is 18.7. The van der Waals surface area contributed by atoms with Crippen LogP contribution in [0.1, 0.15) is 18.4 Å². The first-order chi connectivity index (χ1) is 12.4. The maximum Gasteiger partial charge on any atom is 0.227 e. The van der Waals surface area contributed by atoms with Crippen molar-refractivity contribution in [1.29, 1.82) is 0 Å². The molecule has 0 aliphatic carbocycles. The summed E-state index contributed by atoms with van der Waals surface area (Å²) in [6.07, 6.45) is 1.42. The van der Waals surface area contributed by atoms with Crippen LogP contribution in [0.5, 0.6) is 0 Å². The number of carbonyl (C=O) groups excluding carboxylic acids is 1. The summed E-state index contributed by atoms with van der Waals surface area (Å²) in [5.41, 5.74) is 1.14. The van der Waals surface area contributed by atoms with E-state index in [0.29, 0.717) is 45.7 Å². The van der Waals surface area contributed by atoms with Gasteiger partial charge in [-0.2, -0.15) is 0 Å². The van der Waals surface area contributed by atoms with Gasteiger partial charge in [0.2, 0.25) is 5.91 Å². The molecule has 0 unspecified atom stereocenters. The Balaban J connectivity index is 1.54. The lowest BCUT2D eigenvalue weighted by Gasteiger charge is -2.31. The van der Waals surface area contributed by atoms with Crippen LogP contribution in [0.15, 0.2) is 36.4 Å². The molecule has 26 heavy (non-hydrogen) atoms. The third-order valence-corrected chi connectivity index (χ3v) is 5.63. The van der Waals surface area contributed by atoms with Crippen LogP contribution in [0, 0.1) is 11.7 Å². The van der Waals surface area contributed by atoms with Crippen LogP contribution in [-0.2, 0) is 11.3 Å². The van der Waals surface area contributed by atoms with Crippen molar-refractivity contribution in [3.8, 4) is 0 Å². The minimum absolute atomic E-state index is 0.0634. The van der Waals surface area contributed by atoms with Crippen molar-refractivity contribution in [2.24, 2.45) is 5.92 Å². The highest BCUT2D eigenvalue weighted by Crippen LogP contribution is 2.30. The average Bonchev–Trinajstić information content (AvgIpc) is 2.62. The van der Waals surface area contributed by atoms with E-state index in [2.05, 4.69) is 10.2 Å². The van der Waals surface area contributed by atoms with Crippen LogP contribution < -0.4 is 5.32 Å². The highest BCUT2D eigenvalue weighted by Gasteiger charge is 2.26. The molecule has 1 heterocycles. The van der Waals surface area contributed by atoms with E-state index in [1.54, 1.807) is 30.3 Å². The molecule has 3 rings (SSSR count). The Bertz CT molecular complexity index is 807. The van der Waals surface area contributed by atoms with Crippen LogP contribution >= 0.6 is 34.8 Å². The normalized spacial score (nSPS) is 15.8. The summed E-state index contributed by atoms with van der Waals surface area (Å²) < 4.78 is 13.9. The van der Waals surface area contributed by atoms with E-state index in [9.17, 15) is 9.18 Å². The highest BCUT2D eigenvalue weighted by molar-refractivity contribution is 6.44. The third kappa shape index (κ3) is 4.68. The molecule has 1 N–H and O–H groups in total. The van der Waals surface area contributed by atoms with Gasteiger partial charge in [0.1, 0.15) is 5.82 Å². The van der Waals surface area contributed by atoms with Crippen molar-refractivity contribution >= 4 is 46.4 Å². The first kappa shape index (κ1) is 19.4. The number of likely N-dealkylation sites (tertiary alicyclic amines) is 1. The minimum Gasteiger partial charge on any atom is -0.324 e. The molecule has 1 fully saturated rings. The van der Waals surface area contributed by atoms with Gasteiger partial charge in [-0.05, 0) is 50.2 Å². The summed E-state index contributed by atoms with van der Waals surface area (Å²) in [5.74, 6) is -0.462. The second-order valence-electron chi connectivity index (χ2n) is 6.38. The molecule has 1 amide bonds. The molecule has 0 aromatic heterocycles. The van der Waals surface area contributed by atoms with Crippen LogP contribution in [0.2, 0.25) is 15.1 Å². The number of nitrogens with one attached hydrogen (secondary N) is 1. The zero-order valence-electron chi connectivity index (χ0n) is 13.9. The Hall–Kier alpha value is -1.33. The number of benzene rings is 2. The van der Waals surface area contributed by atoms with Crippen LogP contribution in [0.4, 0.5) is 10.1 Å². The Morgan fingerprint density at radius 2 is 1.88 bits per heavy atom. The molecule has 0 radical (unpaired) electrons. The lowest BCUT2D eigenvalue weighted by Crippen LogP contribution is -2.38. The molecule has 7 heteroatoms.